The average Bonchev–Trinajstić information content (AvgIpc) is 4.08. The Morgan fingerprint density at radius 2 is 1.61 bits per heavy atom. The number of ketones is 2. The number of ether oxygens (including phenoxy) is 1. The number of carbonyl (C=O) groups excluding carboxylic acids is 9. The van der Waals surface area contributed by atoms with E-state index in [4.69, 9.17) is 9.72 Å². The van der Waals surface area contributed by atoms with Gasteiger partial charge in [-0.2, -0.15) is 0 Å². The molecule has 4 aliphatic rings. The Kier molecular flexibility index (Phi) is 17.0. The molecule has 2 aromatic carbocycles. The van der Waals surface area contributed by atoms with E-state index in [0.717, 1.165) is 17.5 Å². The second kappa shape index (κ2) is 23.6. The molecule has 4 atom stereocenters. The van der Waals surface area contributed by atoms with Gasteiger partial charge in [0.2, 0.25) is 35.4 Å². The van der Waals surface area contributed by atoms with Crippen LogP contribution in [-0.4, -0.2) is 98.2 Å². The van der Waals surface area contributed by atoms with Gasteiger partial charge >= 0.3 is 5.97 Å². The van der Waals surface area contributed by atoms with Gasteiger partial charge in [-0.15, -0.1) is 0 Å². The highest BCUT2D eigenvalue weighted by atomic mass is 19.1. The molecule has 2 aromatic heterocycles. The second-order valence-electron chi connectivity index (χ2n) is 20.2. The van der Waals surface area contributed by atoms with Crippen molar-refractivity contribution >= 4 is 63.9 Å². The number of esters is 1. The highest BCUT2D eigenvalue weighted by Crippen LogP contribution is 2.46. The minimum absolute atomic E-state index is 0.0451. The van der Waals surface area contributed by atoms with E-state index >= 15 is 4.39 Å². The number of likely N-dealkylation sites (tertiary alicyclic amines) is 1. The Bertz CT molecular complexity index is 3080. The summed E-state index contributed by atoms with van der Waals surface area (Å²) in [5.74, 6) is -4.76. The van der Waals surface area contributed by atoms with Gasteiger partial charge < -0.3 is 35.7 Å². The first-order valence-corrected chi connectivity index (χ1v) is 26.3. The number of rotatable bonds is 24. The van der Waals surface area contributed by atoms with Crippen LogP contribution in [0.25, 0.3) is 22.3 Å². The van der Waals surface area contributed by atoms with Gasteiger partial charge in [-0.05, 0) is 80.2 Å². The molecule has 4 aromatic rings. The maximum Gasteiger partial charge on any atom is 0.343 e. The number of amides is 6. The number of imide groups is 1. The summed E-state index contributed by atoms with van der Waals surface area (Å²) in [5, 5.41) is 22.9. The Morgan fingerprint density at radius 3 is 2.36 bits per heavy atom. The molecule has 0 saturated carbocycles. The van der Waals surface area contributed by atoms with Crippen LogP contribution in [0, 0.1) is 18.7 Å². The lowest BCUT2D eigenvalue weighted by Crippen LogP contribution is -2.44. The van der Waals surface area contributed by atoms with Crippen molar-refractivity contribution in [3.8, 4) is 11.4 Å². The van der Waals surface area contributed by atoms with Gasteiger partial charge in [-0.25, -0.2) is 14.2 Å². The largest absolute Gasteiger partial charge is 0.458 e. The van der Waals surface area contributed by atoms with Crippen LogP contribution in [0.4, 0.5) is 4.39 Å². The third-order valence-corrected chi connectivity index (χ3v) is 15.1. The molecule has 1 aliphatic carbocycles. The standard InChI is InChI=1S/C56H64FN7O12/c1-4-12-33-24-49(71)63(53(33)72)22-11-7-10-15-45(67)58-27-34(65)16-20-47(69)61-41(23-32-13-8-6-9-14-32)44(66)19-21-46(68)59-28-48(70)60-40-18-17-35-31(3)39(57)26-42-50(35)51(40)36-29-64-43(52(36)62-42)25-38-37(54(64)73)30-76-55(74)56(38,75)5-2/h6,8-9,13-14,25-26,33,40-41,75H,4-5,7,10-12,15-24,27-30H2,1-3H3,(H,58,67)(H,59,68)(H,60,70)(H,61,69)/t33?,40-,41-,56-/m0/s1. The fourth-order valence-electron chi connectivity index (χ4n) is 10.9. The van der Waals surface area contributed by atoms with Crippen molar-refractivity contribution in [3.05, 3.63) is 97.6 Å². The molecule has 3 aliphatic heterocycles. The quantitative estimate of drug-likeness (QED) is 0.0333. The number of nitrogens with one attached hydrogen (secondary N) is 4. The maximum absolute atomic E-state index is 15.4. The van der Waals surface area contributed by atoms with Crippen molar-refractivity contribution in [1.29, 1.82) is 0 Å². The molecule has 5 N–H and O–H groups in total. The van der Waals surface area contributed by atoms with E-state index in [-0.39, 0.29) is 112 Å². The molecule has 8 rings (SSSR count). The van der Waals surface area contributed by atoms with Gasteiger partial charge in [0.25, 0.3) is 5.56 Å². The normalized spacial score (nSPS) is 18.6. The van der Waals surface area contributed by atoms with E-state index in [2.05, 4.69) is 21.3 Å². The highest BCUT2D eigenvalue weighted by molar-refractivity contribution is 6.03. The van der Waals surface area contributed by atoms with Gasteiger partial charge in [0.05, 0.1) is 54.2 Å². The number of aryl methyl sites for hydroxylation is 1. The van der Waals surface area contributed by atoms with E-state index < -0.39 is 65.1 Å². The molecule has 0 spiro atoms. The summed E-state index contributed by atoms with van der Waals surface area (Å²) in [6.45, 7) is 4.56. The number of unbranched alkanes of at least 4 members (excludes halogenated alkanes) is 2. The predicted molar refractivity (Wildman–Crippen MR) is 273 cm³/mol. The summed E-state index contributed by atoms with van der Waals surface area (Å²) in [6, 6.07) is 10.1. The summed E-state index contributed by atoms with van der Waals surface area (Å²) < 4.78 is 22.1. The lowest BCUT2D eigenvalue weighted by molar-refractivity contribution is -0.172. The van der Waals surface area contributed by atoms with Gasteiger partial charge in [-0.1, -0.05) is 57.0 Å². The molecule has 19 nitrogen and oxygen atoms in total. The van der Waals surface area contributed by atoms with Crippen LogP contribution in [0.3, 0.4) is 0 Å². The Morgan fingerprint density at radius 1 is 0.868 bits per heavy atom. The van der Waals surface area contributed by atoms with Crippen molar-refractivity contribution in [2.75, 3.05) is 19.6 Å². The highest BCUT2D eigenvalue weighted by Gasteiger charge is 2.46. The van der Waals surface area contributed by atoms with Gasteiger partial charge in [-0.3, -0.25) is 48.1 Å². The number of hydrogen-bond donors (Lipinski definition) is 5. The number of aliphatic hydroxyl groups is 1. The lowest BCUT2D eigenvalue weighted by Gasteiger charge is -2.31. The Balaban J connectivity index is 0.825. The molecule has 0 bridgehead atoms. The van der Waals surface area contributed by atoms with Crippen molar-refractivity contribution in [2.24, 2.45) is 5.92 Å². The number of Topliss-reactive ketones (excluding diaryl/α,β-unsaturated/α-hetero) is 2. The lowest BCUT2D eigenvalue weighted by atomic mass is 9.81. The minimum Gasteiger partial charge on any atom is -0.458 e. The van der Waals surface area contributed by atoms with Crippen LogP contribution < -0.4 is 26.8 Å². The van der Waals surface area contributed by atoms with E-state index in [0.29, 0.717) is 84.1 Å². The monoisotopic (exact) mass is 1050 g/mol. The summed E-state index contributed by atoms with van der Waals surface area (Å²) in [4.78, 5) is 136. The SMILES string of the molecule is CCCC1CC(=O)N(CCCCCC(=O)NCC(=O)CCC(=O)N[C@@H](Cc2ccccc2)C(=O)CCC(=O)NCC(=O)N[C@H]2CCc3c(C)c(F)cc4nc5c(c2c34)Cn2c-5cc3c(c2=O)COC(=O)[C@]3(O)CC)C1=O. The number of benzene rings is 2. The molecule has 1 unspecified atom stereocenters. The van der Waals surface area contributed by atoms with E-state index in [1.54, 1.807) is 50.2 Å². The summed E-state index contributed by atoms with van der Waals surface area (Å²) in [7, 11) is 0. The summed E-state index contributed by atoms with van der Waals surface area (Å²) in [6.07, 6.45) is 3.39. The van der Waals surface area contributed by atoms with Gasteiger partial charge in [0.1, 0.15) is 12.4 Å². The molecule has 1 fully saturated rings. The first-order valence-electron chi connectivity index (χ1n) is 26.3. The predicted octanol–water partition coefficient (Wildman–Crippen LogP) is 4.02. The average molecular weight is 1050 g/mol. The van der Waals surface area contributed by atoms with Crippen LogP contribution in [0.1, 0.15) is 142 Å². The molecule has 402 valence electrons. The van der Waals surface area contributed by atoms with Crippen LogP contribution in [-0.2, 0) is 79.5 Å². The molecular formula is C56H64FN7O12. The first kappa shape index (κ1) is 54.8. The zero-order valence-corrected chi connectivity index (χ0v) is 43.1. The fraction of sp³-hybridized carbons (Fsp3) is 0.482. The summed E-state index contributed by atoms with van der Waals surface area (Å²) in [5.41, 5.74) is 1.86. The Hall–Kier alpha value is -7.48. The van der Waals surface area contributed by atoms with Crippen molar-refractivity contribution in [1.82, 2.24) is 35.7 Å². The minimum atomic E-state index is -2.06. The molecule has 5 heterocycles. The number of carbonyl (C=O) groups is 9. The third-order valence-electron chi connectivity index (χ3n) is 15.1. The number of halogens is 1. The number of pyridine rings is 2. The topological polar surface area (TPSA) is 269 Å². The van der Waals surface area contributed by atoms with Crippen LogP contribution >= 0.6 is 0 Å². The first-order chi connectivity index (χ1) is 36.4. The van der Waals surface area contributed by atoms with E-state index in [9.17, 15) is 53.1 Å². The zero-order chi connectivity index (χ0) is 54.4. The summed E-state index contributed by atoms with van der Waals surface area (Å²) >= 11 is 0. The number of cyclic esters (lactones) is 1. The van der Waals surface area contributed by atoms with E-state index in [1.807, 2.05) is 6.92 Å². The van der Waals surface area contributed by atoms with Crippen LogP contribution in [0.5, 0.6) is 0 Å². The number of aromatic nitrogens is 2. The van der Waals surface area contributed by atoms with E-state index in [1.165, 1.54) is 15.5 Å². The van der Waals surface area contributed by atoms with Crippen molar-refractivity contribution in [2.45, 2.75) is 148 Å². The van der Waals surface area contributed by atoms with Crippen LogP contribution in [0.15, 0.2) is 47.3 Å². The molecule has 20 heteroatoms. The molecule has 76 heavy (non-hydrogen) atoms. The molecule has 1 saturated heterocycles. The zero-order valence-electron chi connectivity index (χ0n) is 43.1. The number of fused-ring (bicyclic) bond motifs is 5. The Labute approximate surface area is 438 Å². The second-order valence-corrected chi connectivity index (χ2v) is 20.2. The van der Waals surface area contributed by atoms with Crippen molar-refractivity contribution < 1.29 is 57.4 Å². The maximum atomic E-state index is 15.4. The number of nitrogens with zero attached hydrogens (tertiary/aromatic N) is 3. The smallest absolute Gasteiger partial charge is 0.343 e. The molecule has 6 amide bonds. The van der Waals surface area contributed by atoms with Gasteiger partial charge in [0.15, 0.2) is 17.2 Å². The molecular weight excluding hydrogens is 982 g/mol. The van der Waals surface area contributed by atoms with Crippen LogP contribution in [0.2, 0.25) is 0 Å². The fourth-order valence-corrected chi connectivity index (χ4v) is 10.9. The number of hydrogen-bond acceptors (Lipinski definition) is 13. The van der Waals surface area contributed by atoms with Gasteiger partial charge in [0, 0.05) is 73.6 Å². The third kappa shape index (κ3) is 11.7. The molecule has 0 radical (unpaired) electrons. The van der Waals surface area contributed by atoms with Crippen molar-refractivity contribution in [3.63, 3.8) is 0 Å².